The van der Waals surface area contributed by atoms with E-state index in [2.05, 4.69) is 4.98 Å². The minimum absolute atomic E-state index is 0.0397. The number of amides is 1. The quantitative estimate of drug-likeness (QED) is 0.349. The van der Waals surface area contributed by atoms with Crippen LogP contribution in [0.3, 0.4) is 0 Å². The van der Waals surface area contributed by atoms with E-state index in [9.17, 15) is 19.5 Å². The van der Waals surface area contributed by atoms with Crippen molar-refractivity contribution in [3.05, 3.63) is 74.1 Å². The summed E-state index contributed by atoms with van der Waals surface area (Å²) < 4.78 is 10.5. The smallest absolute Gasteiger partial charge is 0.350 e. The summed E-state index contributed by atoms with van der Waals surface area (Å²) in [7, 11) is 1.26. The molecule has 4 rings (SSSR count). The molecule has 34 heavy (non-hydrogen) atoms. The lowest BCUT2D eigenvalue weighted by atomic mass is 9.95. The highest BCUT2D eigenvalue weighted by Gasteiger charge is 2.46. The summed E-state index contributed by atoms with van der Waals surface area (Å²) in [6, 6.07) is 9.44. The van der Waals surface area contributed by atoms with Crippen LogP contribution in [0.5, 0.6) is 5.75 Å². The Hall–Kier alpha value is -3.50. The zero-order valence-corrected chi connectivity index (χ0v) is 20.4. The van der Waals surface area contributed by atoms with Crippen molar-refractivity contribution in [1.82, 2.24) is 4.98 Å². The van der Waals surface area contributed by atoms with Crippen LogP contribution in [-0.4, -0.2) is 41.5 Å². The third-order valence-corrected chi connectivity index (χ3v) is 7.23. The molecule has 1 aliphatic heterocycles. The maximum atomic E-state index is 13.4. The van der Waals surface area contributed by atoms with Gasteiger partial charge >= 0.3 is 5.97 Å². The van der Waals surface area contributed by atoms with Gasteiger partial charge < -0.3 is 14.6 Å². The van der Waals surface area contributed by atoms with Crippen LogP contribution >= 0.6 is 22.7 Å². The molecule has 8 nitrogen and oxygen atoms in total. The van der Waals surface area contributed by atoms with E-state index in [0.717, 1.165) is 17.8 Å². The molecule has 2 aromatic heterocycles. The van der Waals surface area contributed by atoms with Gasteiger partial charge in [-0.25, -0.2) is 9.78 Å². The Balaban J connectivity index is 1.82. The number of thiophene rings is 1. The van der Waals surface area contributed by atoms with Gasteiger partial charge in [-0.2, -0.15) is 0 Å². The number of aliphatic hydroxyl groups excluding tert-OH is 1. The van der Waals surface area contributed by atoms with Crippen molar-refractivity contribution in [3.63, 3.8) is 0 Å². The van der Waals surface area contributed by atoms with E-state index in [1.54, 1.807) is 48.7 Å². The summed E-state index contributed by atoms with van der Waals surface area (Å²) >= 11 is 2.19. The molecule has 1 atom stereocenters. The molecular weight excluding hydrogens is 476 g/mol. The molecule has 0 aliphatic carbocycles. The molecule has 0 saturated heterocycles. The zero-order valence-electron chi connectivity index (χ0n) is 18.7. The number of benzene rings is 1. The van der Waals surface area contributed by atoms with Gasteiger partial charge in [0, 0.05) is 0 Å². The Labute approximate surface area is 204 Å². The number of hydrogen-bond acceptors (Lipinski definition) is 9. The molecule has 0 bridgehead atoms. The number of methoxy groups -OCH3 is 1. The highest BCUT2D eigenvalue weighted by molar-refractivity contribution is 7.17. The second kappa shape index (κ2) is 9.78. The Morgan fingerprint density at radius 2 is 1.94 bits per heavy atom. The normalized spacial score (nSPS) is 15.7. The molecule has 0 spiro atoms. The lowest BCUT2D eigenvalue weighted by Crippen LogP contribution is -2.31. The van der Waals surface area contributed by atoms with Crippen LogP contribution in [0, 0.1) is 6.92 Å². The third kappa shape index (κ3) is 4.22. The second-order valence-corrected chi connectivity index (χ2v) is 9.39. The number of aromatic nitrogens is 1. The van der Waals surface area contributed by atoms with Gasteiger partial charge in [0.15, 0.2) is 10.9 Å². The highest BCUT2D eigenvalue weighted by Crippen LogP contribution is 2.44. The van der Waals surface area contributed by atoms with Crippen LogP contribution in [0.25, 0.3) is 0 Å². The fourth-order valence-corrected chi connectivity index (χ4v) is 5.31. The van der Waals surface area contributed by atoms with Gasteiger partial charge in [0.2, 0.25) is 5.78 Å². The number of aliphatic hydroxyl groups is 1. The number of esters is 1. The number of carbonyl (C=O) groups is 3. The average molecular weight is 499 g/mol. The molecule has 0 radical (unpaired) electrons. The number of ketones is 1. The van der Waals surface area contributed by atoms with Gasteiger partial charge in [0.1, 0.15) is 10.6 Å². The van der Waals surface area contributed by atoms with Crippen molar-refractivity contribution < 1.29 is 29.0 Å². The lowest BCUT2D eigenvalue weighted by molar-refractivity contribution is -0.117. The van der Waals surface area contributed by atoms with Crippen molar-refractivity contribution >= 4 is 45.5 Å². The second-order valence-electron chi connectivity index (χ2n) is 7.47. The maximum Gasteiger partial charge on any atom is 0.350 e. The van der Waals surface area contributed by atoms with E-state index in [0.29, 0.717) is 28.5 Å². The van der Waals surface area contributed by atoms with Gasteiger partial charge in [0.25, 0.3) is 5.91 Å². The summed E-state index contributed by atoms with van der Waals surface area (Å²) in [5, 5.41) is 12.8. The summed E-state index contributed by atoms with van der Waals surface area (Å²) in [4.78, 5) is 45.0. The van der Waals surface area contributed by atoms with Crippen LogP contribution in [0.4, 0.5) is 5.13 Å². The number of aryl methyl sites for hydroxylation is 1. The Morgan fingerprint density at radius 1 is 1.21 bits per heavy atom. The SMILES string of the molecule is CCCOc1ccc(C2C(C(=O)c3cccs3)=C(O)C(=O)N2c2nc(C)c(C(=O)OC)s2)cc1. The average Bonchev–Trinajstić information content (AvgIpc) is 3.56. The van der Waals surface area contributed by atoms with Crippen LogP contribution < -0.4 is 9.64 Å². The summed E-state index contributed by atoms with van der Waals surface area (Å²) in [6.45, 7) is 4.20. The first kappa shape index (κ1) is 23.7. The van der Waals surface area contributed by atoms with Crippen LogP contribution in [0.2, 0.25) is 0 Å². The standard InChI is InChI=1S/C24H22N2O6S2/c1-4-11-32-15-9-7-14(8-10-15)18-17(19(27)16-6-5-12-33-16)20(28)22(29)26(18)24-25-13(2)21(34-24)23(30)31-3/h5-10,12,18,28H,4,11H2,1-3H3. The molecule has 3 aromatic rings. The topological polar surface area (TPSA) is 106 Å². The minimum atomic E-state index is -0.932. The van der Waals surface area contributed by atoms with E-state index in [4.69, 9.17) is 9.47 Å². The van der Waals surface area contributed by atoms with Gasteiger partial charge in [-0.05, 0) is 42.5 Å². The first-order chi connectivity index (χ1) is 16.4. The molecule has 3 heterocycles. The fourth-order valence-electron chi connectivity index (χ4n) is 3.62. The van der Waals surface area contributed by atoms with Crippen molar-refractivity contribution in [2.24, 2.45) is 0 Å². The molecular formula is C24H22N2O6S2. The number of carbonyl (C=O) groups excluding carboxylic acids is 3. The minimum Gasteiger partial charge on any atom is -0.503 e. The maximum absolute atomic E-state index is 13.4. The van der Waals surface area contributed by atoms with Crippen molar-refractivity contribution in [3.8, 4) is 5.75 Å². The van der Waals surface area contributed by atoms with E-state index in [-0.39, 0.29) is 15.6 Å². The molecule has 0 saturated carbocycles. The molecule has 0 fully saturated rings. The lowest BCUT2D eigenvalue weighted by Gasteiger charge is -2.24. The molecule has 176 valence electrons. The summed E-state index contributed by atoms with van der Waals surface area (Å²) in [5.41, 5.74) is 0.940. The fraction of sp³-hybridized carbons (Fsp3) is 0.250. The molecule has 1 N–H and O–H groups in total. The molecule has 1 amide bonds. The Morgan fingerprint density at radius 3 is 2.56 bits per heavy atom. The summed E-state index contributed by atoms with van der Waals surface area (Å²) in [5.74, 6) is -1.77. The van der Waals surface area contributed by atoms with Gasteiger partial charge in [-0.1, -0.05) is 36.5 Å². The number of anilines is 1. The Bertz CT molecular complexity index is 1260. The van der Waals surface area contributed by atoms with Crippen LogP contribution in [0.1, 0.15) is 50.0 Å². The highest BCUT2D eigenvalue weighted by atomic mass is 32.1. The van der Waals surface area contributed by atoms with Crippen LogP contribution in [-0.2, 0) is 9.53 Å². The van der Waals surface area contributed by atoms with Gasteiger partial charge in [-0.3, -0.25) is 14.5 Å². The Kier molecular flexibility index (Phi) is 6.80. The van der Waals surface area contributed by atoms with E-state index in [1.807, 2.05) is 6.92 Å². The number of rotatable bonds is 8. The molecule has 10 heteroatoms. The van der Waals surface area contributed by atoms with E-state index in [1.165, 1.54) is 23.3 Å². The number of hydrogen-bond donors (Lipinski definition) is 1. The first-order valence-corrected chi connectivity index (χ1v) is 12.2. The molecule has 1 unspecified atom stereocenters. The number of ether oxygens (including phenoxy) is 2. The predicted octanol–water partition coefficient (Wildman–Crippen LogP) is 4.87. The third-order valence-electron chi connectivity index (χ3n) is 5.23. The number of Topliss-reactive ketones (excluding diaryl/α,β-unsaturated/α-hetero) is 1. The first-order valence-electron chi connectivity index (χ1n) is 10.5. The zero-order chi connectivity index (χ0) is 24.4. The predicted molar refractivity (Wildman–Crippen MR) is 129 cm³/mol. The van der Waals surface area contributed by atoms with Crippen molar-refractivity contribution in [1.29, 1.82) is 0 Å². The monoisotopic (exact) mass is 498 g/mol. The van der Waals surface area contributed by atoms with Gasteiger partial charge in [0.05, 0.1) is 35.9 Å². The van der Waals surface area contributed by atoms with Crippen LogP contribution in [0.15, 0.2) is 53.1 Å². The van der Waals surface area contributed by atoms with Crippen molar-refractivity contribution in [2.45, 2.75) is 26.3 Å². The van der Waals surface area contributed by atoms with Crippen molar-refractivity contribution in [2.75, 3.05) is 18.6 Å². The molecule has 1 aromatic carbocycles. The van der Waals surface area contributed by atoms with Gasteiger partial charge in [-0.15, -0.1) is 11.3 Å². The van der Waals surface area contributed by atoms with E-state index < -0.39 is 29.5 Å². The van der Waals surface area contributed by atoms with E-state index >= 15 is 0 Å². The molecule has 1 aliphatic rings. The number of thiazole rings is 1. The number of nitrogens with zero attached hydrogens (tertiary/aromatic N) is 2. The summed E-state index contributed by atoms with van der Waals surface area (Å²) in [6.07, 6.45) is 0.856. The largest absolute Gasteiger partial charge is 0.503 e.